The lowest BCUT2D eigenvalue weighted by atomic mass is 10.0. The Labute approximate surface area is 105 Å². The quantitative estimate of drug-likeness (QED) is 0.695. The van der Waals surface area contributed by atoms with E-state index in [9.17, 15) is 4.79 Å². The van der Waals surface area contributed by atoms with Gasteiger partial charge in [0.15, 0.2) is 5.78 Å². The van der Waals surface area contributed by atoms with Crippen LogP contribution in [0, 0.1) is 6.92 Å². The van der Waals surface area contributed by atoms with Crippen LogP contribution in [0.5, 0.6) is 0 Å². The van der Waals surface area contributed by atoms with Crippen molar-refractivity contribution in [2.24, 2.45) is 0 Å². The first-order valence-corrected chi connectivity index (χ1v) is 6.45. The van der Waals surface area contributed by atoms with E-state index in [2.05, 4.69) is 18.2 Å². The number of carbonyl (C=O) groups is 1. The second kappa shape index (κ2) is 4.04. The average Bonchev–Trinajstić information content (AvgIpc) is 2.46. The Hall–Kier alpha value is -1.54. The van der Waals surface area contributed by atoms with Crippen LogP contribution in [0.15, 0.2) is 52.3 Å². The van der Waals surface area contributed by atoms with Crippen LogP contribution in [-0.2, 0) is 6.42 Å². The van der Waals surface area contributed by atoms with Crippen LogP contribution in [0.3, 0.4) is 0 Å². The summed E-state index contributed by atoms with van der Waals surface area (Å²) in [6, 6.07) is 14.3. The first-order chi connectivity index (χ1) is 8.24. The van der Waals surface area contributed by atoms with Crippen LogP contribution in [0.1, 0.15) is 21.5 Å². The van der Waals surface area contributed by atoms with Crippen LogP contribution in [0.4, 0.5) is 0 Å². The van der Waals surface area contributed by atoms with E-state index in [0.29, 0.717) is 6.42 Å². The van der Waals surface area contributed by atoms with Crippen molar-refractivity contribution in [2.75, 3.05) is 0 Å². The highest BCUT2D eigenvalue weighted by Crippen LogP contribution is 2.37. The molecule has 0 atom stereocenters. The summed E-state index contributed by atoms with van der Waals surface area (Å²) in [6.45, 7) is 2.02. The van der Waals surface area contributed by atoms with Gasteiger partial charge in [-0.1, -0.05) is 41.6 Å². The van der Waals surface area contributed by atoms with Crippen LogP contribution < -0.4 is 0 Å². The largest absolute Gasteiger partial charge is 0.294 e. The summed E-state index contributed by atoms with van der Waals surface area (Å²) in [5, 5.41) is 0. The molecule has 0 spiro atoms. The van der Waals surface area contributed by atoms with Gasteiger partial charge in [-0.15, -0.1) is 0 Å². The van der Waals surface area contributed by atoms with Crippen molar-refractivity contribution >= 4 is 17.5 Å². The third-order valence-electron chi connectivity index (χ3n) is 2.98. The minimum Gasteiger partial charge on any atom is -0.294 e. The Balaban J connectivity index is 2.17. The molecular formula is C15H12OS. The molecule has 3 rings (SSSR count). The van der Waals surface area contributed by atoms with Crippen molar-refractivity contribution in [1.82, 2.24) is 0 Å². The highest BCUT2D eigenvalue weighted by atomic mass is 32.2. The van der Waals surface area contributed by atoms with Crippen molar-refractivity contribution in [3.05, 3.63) is 59.2 Å². The van der Waals surface area contributed by atoms with Crippen LogP contribution in [0.2, 0.25) is 0 Å². The first kappa shape index (κ1) is 10.6. The molecule has 84 valence electrons. The average molecular weight is 240 g/mol. The number of Topliss-reactive ketones (excluding diaryl/α,β-unsaturated/α-hetero) is 1. The number of fused-ring (bicyclic) bond motifs is 2. The number of hydrogen-bond acceptors (Lipinski definition) is 2. The van der Waals surface area contributed by atoms with E-state index in [1.807, 2.05) is 31.2 Å². The summed E-state index contributed by atoms with van der Waals surface area (Å²) in [5.74, 6) is 0.223. The van der Waals surface area contributed by atoms with Crippen molar-refractivity contribution in [2.45, 2.75) is 23.1 Å². The molecule has 0 fully saturated rings. The molecule has 0 bridgehead atoms. The second-order valence-corrected chi connectivity index (χ2v) is 5.39. The van der Waals surface area contributed by atoms with Crippen LogP contribution in [-0.4, -0.2) is 5.78 Å². The molecule has 1 heterocycles. The molecule has 0 aromatic heterocycles. The molecular weight excluding hydrogens is 228 g/mol. The molecule has 0 aliphatic carbocycles. The lowest BCUT2D eigenvalue weighted by Crippen LogP contribution is -2.03. The zero-order chi connectivity index (χ0) is 11.8. The third kappa shape index (κ3) is 1.89. The molecule has 0 radical (unpaired) electrons. The number of carbonyl (C=O) groups excluding carboxylic acids is 1. The summed E-state index contributed by atoms with van der Waals surface area (Å²) in [4.78, 5) is 14.5. The van der Waals surface area contributed by atoms with Crippen molar-refractivity contribution < 1.29 is 4.79 Å². The fourth-order valence-corrected chi connectivity index (χ4v) is 3.16. The highest BCUT2D eigenvalue weighted by Gasteiger charge is 2.19. The maximum absolute atomic E-state index is 12.2. The van der Waals surface area contributed by atoms with E-state index in [4.69, 9.17) is 0 Å². The zero-order valence-electron chi connectivity index (χ0n) is 9.57. The fraction of sp³-hybridized carbons (Fsp3) is 0.133. The smallest absolute Gasteiger partial charge is 0.168 e. The van der Waals surface area contributed by atoms with Gasteiger partial charge in [0.2, 0.25) is 0 Å². The Kier molecular flexibility index (Phi) is 2.52. The molecule has 1 nitrogen and oxygen atoms in total. The minimum atomic E-state index is 0.223. The SMILES string of the molecule is Cc1ccc2c(c1)C(=O)Cc1ccccc1S2. The van der Waals surface area contributed by atoms with Crippen molar-refractivity contribution in [1.29, 1.82) is 0 Å². The molecule has 0 amide bonds. The second-order valence-electron chi connectivity index (χ2n) is 4.31. The Bertz CT molecular complexity index is 602. The lowest BCUT2D eigenvalue weighted by Gasteiger charge is -2.05. The van der Waals surface area contributed by atoms with E-state index in [-0.39, 0.29) is 5.78 Å². The topological polar surface area (TPSA) is 17.1 Å². The van der Waals surface area contributed by atoms with Gasteiger partial charge >= 0.3 is 0 Å². The predicted molar refractivity (Wildman–Crippen MR) is 69.8 cm³/mol. The van der Waals surface area contributed by atoms with E-state index >= 15 is 0 Å². The van der Waals surface area contributed by atoms with Crippen LogP contribution in [0.25, 0.3) is 0 Å². The van der Waals surface area contributed by atoms with Gasteiger partial charge in [-0.3, -0.25) is 4.79 Å². The standard InChI is InChI=1S/C15H12OS/c1-10-6-7-15-12(8-10)13(16)9-11-4-2-3-5-14(11)17-15/h2-8H,9H2,1H3. The highest BCUT2D eigenvalue weighted by molar-refractivity contribution is 7.99. The number of aryl methyl sites for hydroxylation is 1. The molecule has 1 aliphatic heterocycles. The predicted octanol–water partition coefficient (Wildman–Crippen LogP) is 3.89. The monoisotopic (exact) mass is 240 g/mol. The summed E-state index contributed by atoms with van der Waals surface area (Å²) >= 11 is 1.69. The molecule has 2 aromatic rings. The lowest BCUT2D eigenvalue weighted by molar-refractivity contribution is 0.0990. The summed E-state index contributed by atoms with van der Waals surface area (Å²) in [5.41, 5.74) is 3.14. The molecule has 17 heavy (non-hydrogen) atoms. The van der Waals surface area contributed by atoms with Gasteiger partial charge in [0.05, 0.1) is 0 Å². The van der Waals surface area contributed by atoms with E-state index < -0.39 is 0 Å². The summed E-state index contributed by atoms with van der Waals surface area (Å²) in [7, 11) is 0. The van der Waals surface area contributed by atoms with E-state index in [1.165, 1.54) is 4.90 Å². The molecule has 0 N–H and O–H groups in total. The number of benzene rings is 2. The number of ketones is 1. The molecule has 0 saturated heterocycles. The minimum absolute atomic E-state index is 0.223. The summed E-state index contributed by atoms with van der Waals surface area (Å²) < 4.78 is 0. The maximum Gasteiger partial charge on any atom is 0.168 e. The van der Waals surface area contributed by atoms with Crippen LogP contribution >= 0.6 is 11.8 Å². The molecule has 2 aromatic carbocycles. The molecule has 0 unspecified atom stereocenters. The molecule has 2 heteroatoms. The number of hydrogen-bond donors (Lipinski definition) is 0. The van der Waals surface area contributed by atoms with Crippen molar-refractivity contribution in [3.63, 3.8) is 0 Å². The van der Waals surface area contributed by atoms with E-state index in [1.54, 1.807) is 11.8 Å². The van der Waals surface area contributed by atoms with Crippen molar-refractivity contribution in [3.8, 4) is 0 Å². The van der Waals surface area contributed by atoms with Gasteiger partial charge < -0.3 is 0 Å². The normalized spacial score (nSPS) is 13.8. The zero-order valence-corrected chi connectivity index (χ0v) is 10.4. The van der Waals surface area contributed by atoms with Gasteiger partial charge in [-0.25, -0.2) is 0 Å². The van der Waals surface area contributed by atoms with Gasteiger partial charge in [-0.2, -0.15) is 0 Å². The fourth-order valence-electron chi connectivity index (χ4n) is 2.09. The molecule has 1 aliphatic rings. The first-order valence-electron chi connectivity index (χ1n) is 5.63. The van der Waals surface area contributed by atoms with E-state index in [0.717, 1.165) is 21.6 Å². The Morgan fingerprint density at radius 1 is 1.06 bits per heavy atom. The van der Waals surface area contributed by atoms with Gasteiger partial charge in [0.25, 0.3) is 0 Å². The van der Waals surface area contributed by atoms with Gasteiger partial charge in [0, 0.05) is 21.8 Å². The third-order valence-corrected chi connectivity index (χ3v) is 4.17. The Morgan fingerprint density at radius 2 is 1.88 bits per heavy atom. The van der Waals surface area contributed by atoms with Gasteiger partial charge in [-0.05, 0) is 30.7 Å². The summed E-state index contributed by atoms with van der Waals surface area (Å²) in [6.07, 6.45) is 0.514. The number of rotatable bonds is 0. The maximum atomic E-state index is 12.2. The molecule has 0 saturated carbocycles. The van der Waals surface area contributed by atoms with Gasteiger partial charge in [0.1, 0.15) is 0 Å². The Morgan fingerprint density at radius 3 is 2.76 bits per heavy atom.